The topological polar surface area (TPSA) is 70.5 Å². The normalized spacial score (nSPS) is 11.8. The van der Waals surface area contributed by atoms with Crippen LogP contribution in [0.15, 0.2) is 47.6 Å². The highest BCUT2D eigenvalue weighted by molar-refractivity contribution is 7.89. The second-order valence-corrected chi connectivity index (χ2v) is 6.90. The van der Waals surface area contributed by atoms with Gasteiger partial charge in [-0.05, 0) is 24.1 Å². The van der Waals surface area contributed by atoms with Gasteiger partial charge in [0.15, 0.2) is 5.03 Å². The van der Waals surface area contributed by atoms with Crippen molar-refractivity contribution >= 4 is 10.0 Å². The first-order chi connectivity index (χ1) is 9.93. The first-order valence-corrected chi connectivity index (χ1v) is 7.95. The molecule has 0 atom stereocenters. The van der Waals surface area contributed by atoms with Crippen molar-refractivity contribution in [1.82, 2.24) is 9.29 Å². The summed E-state index contributed by atoms with van der Waals surface area (Å²) >= 11 is 0. The van der Waals surface area contributed by atoms with Gasteiger partial charge in [-0.1, -0.05) is 35.9 Å². The molecule has 1 heterocycles. The van der Waals surface area contributed by atoms with Crippen molar-refractivity contribution in [2.45, 2.75) is 25.1 Å². The molecule has 5 nitrogen and oxygen atoms in total. The van der Waals surface area contributed by atoms with Crippen LogP contribution in [0.5, 0.6) is 0 Å². The summed E-state index contributed by atoms with van der Waals surface area (Å²) in [6.07, 6.45) is 1.37. The van der Waals surface area contributed by atoms with Gasteiger partial charge in [-0.3, -0.25) is 0 Å². The molecule has 0 unspecified atom stereocenters. The Morgan fingerprint density at radius 1 is 1.19 bits per heavy atom. The molecule has 6 heteroatoms. The Hall–Kier alpha value is -1.76. The highest BCUT2D eigenvalue weighted by Crippen LogP contribution is 2.15. The molecule has 1 N–H and O–H groups in total. The molecule has 0 aliphatic rings. The number of aromatic nitrogens is 1. The number of benzene rings is 1. The summed E-state index contributed by atoms with van der Waals surface area (Å²) in [6.45, 7) is 2.09. The molecule has 1 aromatic carbocycles. The number of rotatable bonds is 5. The van der Waals surface area contributed by atoms with E-state index >= 15 is 0 Å². The van der Waals surface area contributed by atoms with Gasteiger partial charge in [0.1, 0.15) is 0 Å². The molecular weight excluding hydrogens is 288 g/mol. The molecule has 0 saturated carbocycles. The molecule has 1 aromatic heterocycles. The maximum absolute atomic E-state index is 12.4. The molecule has 0 amide bonds. The fourth-order valence-corrected chi connectivity index (χ4v) is 3.03. The van der Waals surface area contributed by atoms with Gasteiger partial charge < -0.3 is 5.11 Å². The van der Waals surface area contributed by atoms with E-state index < -0.39 is 10.0 Å². The maximum atomic E-state index is 12.4. The third-order valence-corrected chi connectivity index (χ3v) is 4.86. The number of aryl methyl sites for hydroxylation is 1. The van der Waals surface area contributed by atoms with E-state index in [1.165, 1.54) is 23.6 Å². The van der Waals surface area contributed by atoms with Crippen molar-refractivity contribution in [2.24, 2.45) is 0 Å². The minimum atomic E-state index is -3.63. The Morgan fingerprint density at radius 3 is 2.52 bits per heavy atom. The first-order valence-electron chi connectivity index (χ1n) is 6.51. The van der Waals surface area contributed by atoms with Crippen molar-refractivity contribution in [2.75, 3.05) is 7.05 Å². The summed E-state index contributed by atoms with van der Waals surface area (Å²) in [7, 11) is -2.11. The predicted octanol–water partition coefficient (Wildman–Crippen LogP) is 1.70. The van der Waals surface area contributed by atoms with E-state index in [1.807, 2.05) is 31.2 Å². The van der Waals surface area contributed by atoms with Crippen LogP contribution in [-0.2, 0) is 23.2 Å². The summed E-state index contributed by atoms with van der Waals surface area (Å²) in [5.74, 6) is 0. The summed E-state index contributed by atoms with van der Waals surface area (Å²) in [4.78, 5) is 3.91. The molecule has 0 bridgehead atoms. The predicted molar refractivity (Wildman–Crippen MR) is 80.0 cm³/mol. The van der Waals surface area contributed by atoms with Gasteiger partial charge in [-0.25, -0.2) is 13.4 Å². The third kappa shape index (κ3) is 3.66. The smallest absolute Gasteiger partial charge is 0.260 e. The Kier molecular flexibility index (Phi) is 4.72. The summed E-state index contributed by atoms with van der Waals surface area (Å²) < 4.78 is 26.1. The minimum absolute atomic E-state index is 0.0187. The number of sulfonamides is 1. The number of hydrogen-bond acceptors (Lipinski definition) is 4. The quantitative estimate of drug-likeness (QED) is 0.913. The van der Waals surface area contributed by atoms with Gasteiger partial charge in [0.2, 0.25) is 0 Å². The van der Waals surface area contributed by atoms with E-state index in [2.05, 4.69) is 4.98 Å². The monoisotopic (exact) mass is 306 g/mol. The largest absolute Gasteiger partial charge is 0.392 e. The van der Waals surface area contributed by atoms with E-state index in [0.29, 0.717) is 5.56 Å². The molecule has 21 heavy (non-hydrogen) atoms. The van der Waals surface area contributed by atoms with Gasteiger partial charge in [0.05, 0.1) is 6.61 Å². The minimum Gasteiger partial charge on any atom is -0.392 e. The van der Waals surface area contributed by atoms with E-state index in [9.17, 15) is 8.42 Å². The van der Waals surface area contributed by atoms with Crippen LogP contribution < -0.4 is 0 Å². The van der Waals surface area contributed by atoms with Crippen molar-refractivity contribution in [3.05, 3.63) is 59.3 Å². The van der Waals surface area contributed by atoms with E-state index in [4.69, 9.17) is 5.11 Å². The number of hydrogen-bond donors (Lipinski definition) is 1. The summed E-state index contributed by atoms with van der Waals surface area (Å²) in [6, 6.07) is 10.7. The van der Waals surface area contributed by atoms with Crippen LogP contribution >= 0.6 is 0 Å². The zero-order valence-electron chi connectivity index (χ0n) is 12.0. The lowest BCUT2D eigenvalue weighted by molar-refractivity contribution is 0.281. The Morgan fingerprint density at radius 2 is 1.95 bits per heavy atom. The van der Waals surface area contributed by atoms with Gasteiger partial charge >= 0.3 is 0 Å². The lowest BCUT2D eigenvalue weighted by Gasteiger charge is -2.17. The molecular formula is C15H18N2O3S. The van der Waals surface area contributed by atoms with Crippen LogP contribution in [0.1, 0.15) is 16.7 Å². The lowest BCUT2D eigenvalue weighted by Crippen LogP contribution is -2.27. The van der Waals surface area contributed by atoms with Gasteiger partial charge in [-0.2, -0.15) is 4.31 Å². The lowest BCUT2D eigenvalue weighted by atomic mass is 10.1. The summed E-state index contributed by atoms with van der Waals surface area (Å²) in [5.41, 5.74) is 2.59. The molecule has 112 valence electrons. The van der Waals surface area contributed by atoms with Crippen LogP contribution in [-0.4, -0.2) is 29.9 Å². The molecule has 0 saturated heterocycles. The van der Waals surface area contributed by atoms with E-state index in [-0.39, 0.29) is 18.2 Å². The number of pyridine rings is 1. The molecule has 0 aliphatic heterocycles. The summed E-state index contributed by atoms with van der Waals surface area (Å²) in [5, 5.41) is 8.94. The van der Waals surface area contributed by atoms with Crippen LogP contribution in [0.3, 0.4) is 0 Å². The maximum Gasteiger partial charge on any atom is 0.260 e. The van der Waals surface area contributed by atoms with E-state index in [1.54, 1.807) is 6.07 Å². The standard InChI is InChI=1S/C15H18N2O3S/c1-12-4-3-5-13(8-12)10-17(2)21(19,20)15-7-6-14(11-18)9-16-15/h3-9,18H,10-11H2,1-2H3. The average Bonchev–Trinajstić information content (AvgIpc) is 2.47. The molecule has 0 radical (unpaired) electrons. The van der Waals surface area contributed by atoms with Crippen LogP contribution in [0.2, 0.25) is 0 Å². The number of aliphatic hydroxyl groups excluding tert-OH is 1. The second kappa shape index (κ2) is 6.34. The van der Waals surface area contributed by atoms with Gasteiger partial charge in [0.25, 0.3) is 10.0 Å². The fourth-order valence-electron chi connectivity index (χ4n) is 1.97. The molecule has 0 fully saturated rings. The van der Waals surface area contributed by atoms with Crippen molar-refractivity contribution in [1.29, 1.82) is 0 Å². The van der Waals surface area contributed by atoms with Crippen LogP contribution in [0.25, 0.3) is 0 Å². The van der Waals surface area contributed by atoms with Gasteiger partial charge in [0, 0.05) is 19.8 Å². The molecule has 0 spiro atoms. The SMILES string of the molecule is Cc1cccc(CN(C)S(=O)(=O)c2ccc(CO)cn2)c1. The van der Waals surface area contributed by atoms with Crippen molar-refractivity contribution in [3.8, 4) is 0 Å². The van der Waals surface area contributed by atoms with E-state index in [0.717, 1.165) is 11.1 Å². The van der Waals surface area contributed by atoms with Crippen LogP contribution in [0, 0.1) is 6.92 Å². The zero-order chi connectivity index (χ0) is 15.5. The average molecular weight is 306 g/mol. The molecule has 0 aliphatic carbocycles. The third-order valence-electron chi connectivity index (χ3n) is 3.14. The number of aliphatic hydroxyl groups is 1. The highest BCUT2D eigenvalue weighted by atomic mass is 32.2. The Bertz CT molecular complexity index is 712. The molecule has 2 aromatic rings. The Labute approximate surface area is 124 Å². The first kappa shape index (κ1) is 15.6. The van der Waals surface area contributed by atoms with Crippen LogP contribution in [0.4, 0.5) is 0 Å². The Balaban J connectivity index is 2.21. The zero-order valence-corrected chi connectivity index (χ0v) is 12.8. The number of nitrogens with zero attached hydrogens (tertiary/aromatic N) is 2. The highest BCUT2D eigenvalue weighted by Gasteiger charge is 2.22. The molecule has 2 rings (SSSR count). The van der Waals surface area contributed by atoms with Gasteiger partial charge in [-0.15, -0.1) is 0 Å². The second-order valence-electron chi connectivity index (χ2n) is 4.91. The van der Waals surface area contributed by atoms with Crippen molar-refractivity contribution < 1.29 is 13.5 Å². The fraction of sp³-hybridized carbons (Fsp3) is 0.267. The van der Waals surface area contributed by atoms with Crippen molar-refractivity contribution in [3.63, 3.8) is 0 Å².